The Bertz CT molecular complexity index is 334. The first-order valence-electron chi connectivity index (χ1n) is 5.60. The van der Waals surface area contributed by atoms with Crippen molar-refractivity contribution in [2.24, 2.45) is 5.92 Å². The van der Waals surface area contributed by atoms with E-state index in [9.17, 15) is 8.78 Å². The van der Waals surface area contributed by atoms with E-state index in [0.29, 0.717) is 0 Å². The summed E-state index contributed by atoms with van der Waals surface area (Å²) in [5, 5.41) is 3.01. The molecular formula is C13H19F2N. The molecule has 0 spiro atoms. The zero-order valence-corrected chi connectivity index (χ0v) is 10.1. The number of hydrogen-bond donors (Lipinski definition) is 1. The van der Waals surface area contributed by atoms with Crippen LogP contribution in [-0.2, 0) is 12.3 Å². The Labute approximate surface area is 95.9 Å². The van der Waals surface area contributed by atoms with Gasteiger partial charge in [-0.05, 0) is 31.6 Å². The van der Waals surface area contributed by atoms with Crippen LogP contribution in [0.3, 0.4) is 0 Å². The summed E-state index contributed by atoms with van der Waals surface area (Å²) in [5.41, 5.74) is 1.07. The highest BCUT2D eigenvalue weighted by molar-refractivity contribution is 5.27. The van der Waals surface area contributed by atoms with Gasteiger partial charge in [-0.1, -0.05) is 32.0 Å². The minimum atomic E-state index is -2.74. The Balaban J connectivity index is 2.89. The molecule has 1 rings (SSSR count). The van der Waals surface area contributed by atoms with Crippen LogP contribution in [0, 0.1) is 5.92 Å². The molecule has 0 heterocycles. The third-order valence-electron chi connectivity index (χ3n) is 2.70. The van der Waals surface area contributed by atoms with E-state index in [2.05, 4.69) is 5.32 Å². The summed E-state index contributed by atoms with van der Waals surface area (Å²) in [7, 11) is 1.85. The molecule has 1 aromatic rings. The maximum atomic E-state index is 13.8. The van der Waals surface area contributed by atoms with Gasteiger partial charge in [-0.15, -0.1) is 0 Å². The van der Waals surface area contributed by atoms with E-state index >= 15 is 0 Å². The van der Waals surface area contributed by atoms with Crippen molar-refractivity contribution in [3.8, 4) is 0 Å². The molecule has 0 aliphatic heterocycles. The molecule has 1 N–H and O–H groups in total. The molecule has 90 valence electrons. The minimum Gasteiger partial charge on any atom is -0.319 e. The smallest absolute Gasteiger partial charge is 0.275 e. The summed E-state index contributed by atoms with van der Waals surface area (Å²) >= 11 is 0. The molecule has 16 heavy (non-hydrogen) atoms. The molecule has 0 unspecified atom stereocenters. The van der Waals surface area contributed by atoms with Crippen LogP contribution < -0.4 is 5.32 Å². The molecule has 0 fully saturated rings. The standard InChI is InChI=1S/C13H19F2N/c1-10(2)13(14,15)12-6-4-5-11(9-12)7-8-16-3/h4-6,9-10,16H,7-8H2,1-3H3. The lowest BCUT2D eigenvalue weighted by atomic mass is 9.96. The van der Waals surface area contributed by atoms with Crippen molar-refractivity contribution in [2.45, 2.75) is 26.2 Å². The quantitative estimate of drug-likeness (QED) is 0.814. The fourth-order valence-corrected chi connectivity index (χ4v) is 1.54. The van der Waals surface area contributed by atoms with Gasteiger partial charge < -0.3 is 5.32 Å². The van der Waals surface area contributed by atoms with Gasteiger partial charge >= 0.3 is 0 Å². The highest BCUT2D eigenvalue weighted by Gasteiger charge is 2.35. The van der Waals surface area contributed by atoms with Crippen LogP contribution in [0.5, 0.6) is 0 Å². The van der Waals surface area contributed by atoms with Crippen LogP contribution in [0.15, 0.2) is 24.3 Å². The van der Waals surface area contributed by atoms with Crippen molar-refractivity contribution in [2.75, 3.05) is 13.6 Å². The highest BCUT2D eigenvalue weighted by Crippen LogP contribution is 2.35. The summed E-state index contributed by atoms with van der Waals surface area (Å²) in [6.07, 6.45) is 0.776. The Kier molecular flexibility index (Phi) is 4.42. The minimum absolute atomic E-state index is 0.121. The van der Waals surface area contributed by atoms with Gasteiger partial charge in [0.25, 0.3) is 5.92 Å². The summed E-state index contributed by atoms with van der Waals surface area (Å²) < 4.78 is 27.5. The van der Waals surface area contributed by atoms with Crippen LogP contribution in [0.25, 0.3) is 0 Å². The normalized spacial score (nSPS) is 12.1. The van der Waals surface area contributed by atoms with Gasteiger partial charge in [0.05, 0.1) is 0 Å². The molecule has 0 aromatic heterocycles. The van der Waals surface area contributed by atoms with Gasteiger partial charge in [-0.25, -0.2) is 8.78 Å². The molecule has 0 bridgehead atoms. The molecule has 0 amide bonds. The van der Waals surface area contributed by atoms with E-state index in [1.807, 2.05) is 13.1 Å². The number of rotatable bonds is 5. The number of likely N-dealkylation sites (N-methyl/N-ethyl adjacent to an activating group) is 1. The topological polar surface area (TPSA) is 12.0 Å². The molecule has 0 aliphatic rings. The summed E-state index contributed by atoms with van der Waals surface area (Å²) in [4.78, 5) is 0. The Morgan fingerprint density at radius 1 is 1.31 bits per heavy atom. The Morgan fingerprint density at radius 3 is 2.56 bits per heavy atom. The SMILES string of the molecule is CNCCc1cccc(C(F)(F)C(C)C)c1. The molecule has 0 saturated carbocycles. The van der Waals surface area contributed by atoms with Crippen molar-refractivity contribution in [1.29, 1.82) is 0 Å². The lowest BCUT2D eigenvalue weighted by Crippen LogP contribution is -2.21. The maximum absolute atomic E-state index is 13.8. The second-order valence-corrected chi connectivity index (χ2v) is 4.33. The first kappa shape index (κ1) is 13.1. The van der Waals surface area contributed by atoms with Gasteiger partial charge in [0, 0.05) is 11.5 Å². The number of alkyl halides is 2. The molecule has 0 saturated heterocycles. The fourth-order valence-electron chi connectivity index (χ4n) is 1.54. The van der Waals surface area contributed by atoms with E-state index in [1.54, 1.807) is 26.0 Å². The van der Waals surface area contributed by atoms with E-state index in [-0.39, 0.29) is 5.56 Å². The third-order valence-corrected chi connectivity index (χ3v) is 2.70. The van der Waals surface area contributed by atoms with Crippen molar-refractivity contribution >= 4 is 0 Å². The van der Waals surface area contributed by atoms with Gasteiger partial charge in [-0.2, -0.15) is 0 Å². The molecule has 1 nitrogen and oxygen atoms in total. The molecule has 0 atom stereocenters. The predicted octanol–water partition coefficient (Wildman–Crippen LogP) is 3.20. The van der Waals surface area contributed by atoms with Gasteiger partial charge in [0.2, 0.25) is 0 Å². The second-order valence-electron chi connectivity index (χ2n) is 4.33. The number of halogens is 2. The van der Waals surface area contributed by atoms with Crippen molar-refractivity contribution in [3.63, 3.8) is 0 Å². The lowest BCUT2D eigenvalue weighted by molar-refractivity contribution is -0.0514. The first-order chi connectivity index (χ1) is 7.48. The van der Waals surface area contributed by atoms with Crippen molar-refractivity contribution in [3.05, 3.63) is 35.4 Å². The van der Waals surface area contributed by atoms with Crippen LogP contribution in [0.4, 0.5) is 8.78 Å². The van der Waals surface area contributed by atoms with Crippen molar-refractivity contribution in [1.82, 2.24) is 5.32 Å². The van der Waals surface area contributed by atoms with E-state index in [1.165, 1.54) is 6.07 Å². The number of nitrogens with one attached hydrogen (secondary N) is 1. The largest absolute Gasteiger partial charge is 0.319 e. The third kappa shape index (κ3) is 3.01. The second kappa shape index (κ2) is 5.39. The molecule has 1 aromatic carbocycles. The molecule has 3 heteroatoms. The zero-order valence-electron chi connectivity index (χ0n) is 10.1. The van der Waals surface area contributed by atoms with Gasteiger partial charge in [0.15, 0.2) is 0 Å². The van der Waals surface area contributed by atoms with Gasteiger partial charge in [0.1, 0.15) is 0 Å². The number of hydrogen-bond acceptors (Lipinski definition) is 1. The van der Waals surface area contributed by atoms with E-state index < -0.39 is 11.8 Å². The summed E-state index contributed by atoms with van der Waals surface area (Å²) in [6.45, 7) is 3.89. The first-order valence-corrected chi connectivity index (χ1v) is 5.60. The summed E-state index contributed by atoms with van der Waals surface area (Å²) in [5.74, 6) is -3.41. The molecule has 0 aliphatic carbocycles. The summed E-state index contributed by atoms with van der Waals surface area (Å²) in [6, 6.07) is 6.70. The average Bonchev–Trinajstić information content (AvgIpc) is 2.26. The van der Waals surface area contributed by atoms with Crippen LogP contribution in [0.2, 0.25) is 0 Å². The average molecular weight is 227 g/mol. The van der Waals surface area contributed by atoms with Crippen molar-refractivity contribution < 1.29 is 8.78 Å². The van der Waals surface area contributed by atoms with E-state index in [0.717, 1.165) is 18.5 Å². The van der Waals surface area contributed by atoms with E-state index in [4.69, 9.17) is 0 Å². The predicted molar refractivity (Wildman–Crippen MR) is 62.8 cm³/mol. The maximum Gasteiger partial charge on any atom is 0.275 e. The van der Waals surface area contributed by atoms with Gasteiger partial charge in [-0.3, -0.25) is 0 Å². The Hall–Kier alpha value is -0.960. The Morgan fingerprint density at radius 2 is 2.00 bits per heavy atom. The zero-order chi connectivity index (χ0) is 12.2. The fraction of sp³-hybridized carbons (Fsp3) is 0.538. The van der Waals surface area contributed by atoms with Crippen LogP contribution in [-0.4, -0.2) is 13.6 Å². The molecule has 0 radical (unpaired) electrons. The monoisotopic (exact) mass is 227 g/mol. The van der Waals surface area contributed by atoms with Crippen LogP contribution in [0.1, 0.15) is 25.0 Å². The lowest BCUT2D eigenvalue weighted by Gasteiger charge is -2.21. The highest BCUT2D eigenvalue weighted by atomic mass is 19.3. The van der Waals surface area contributed by atoms with Crippen LogP contribution >= 0.6 is 0 Å². The molecular weight excluding hydrogens is 208 g/mol. The number of benzene rings is 1.